The van der Waals surface area contributed by atoms with E-state index in [1.165, 1.54) is 13.4 Å². The van der Waals surface area contributed by atoms with Crippen molar-refractivity contribution in [2.45, 2.75) is 5.75 Å². The molecule has 0 saturated carbocycles. The van der Waals surface area contributed by atoms with Crippen molar-refractivity contribution >= 4 is 21.2 Å². The molecular formula is C13H15N5O4S. The van der Waals surface area contributed by atoms with Crippen LogP contribution in [-0.2, 0) is 15.8 Å². The van der Waals surface area contributed by atoms with Crippen LogP contribution < -0.4 is 16.0 Å². The number of fused-ring (bicyclic) bond motifs is 1. The minimum Gasteiger partial charge on any atom is -0.339 e. The van der Waals surface area contributed by atoms with Gasteiger partial charge in [-0.25, -0.2) is 22.9 Å². The summed E-state index contributed by atoms with van der Waals surface area (Å²) in [7, 11) is -1.71. The van der Waals surface area contributed by atoms with Crippen LogP contribution in [0.2, 0.25) is 0 Å². The van der Waals surface area contributed by atoms with Crippen LogP contribution in [0.1, 0.15) is 5.56 Å². The highest BCUT2D eigenvalue weighted by Crippen LogP contribution is 2.02. The minimum absolute atomic E-state index is 0.0460. The molecule has 122 valence electrons. The van der Waals surface area contributed by atoms with Crippen LogP contribution in [0, 0.1) is 0 Å². The van der Waals surface area contributed by atoms with Crippen LogP contribution >= 0.6 is 0 Å². The number of imidazole rings is 1. The fraction of sp³-hybridized carbons (Fsp3) is 0.154. The molecule has 0 saturated heterocycles. The van der Waals surface area contributed by atoms with Gasteiger partial charge in [0.05, 0.1) is 12.1 Å². The maximum Gasteiger partial charge on any atom is 0.327 e. The summed E-state index contributed by atoms with van der Waals surface area (Å²) in [6.07, 6.45) is 1.34. The van der Waals surface area contributed by atoms with E-state index in [0.717, 1.165) is 5.56 Å². The Balaban J connectivity index is 0.000000167. The van der Waals surface area contributed by atoms with Gasteiger partial charge in [0.2, 0.25) is 10.0 Å². The Bertz CT molecular complexity index is 988. The summed E-state index contributed by atoms with van der Waals surface area (Å²) < 4.78 is 24.4. The van der Waals surface area contributed by atoms with Crippen molar-refractivity contribution in [1.29, 1.82) is 0 Å². The predicted octanol–water partition coefficient (Wildman–Crippen LogP) is -0.325. The van der Waals surface area contributed by atoms with Crippen LogP contribution in [0.25, 0.3) is 11.2 Å². The van der Waals surface area contributed by atoms with Crippen molar-refractivity contribution in [2.24, 2.45) is 0 Å². The second kappa shape index (κ2) is 7.03. The van der Waals surface area contributed by atoms with Gasteiger partial charge in [0, 0.05) is 0 Å². The van der Waals surface area contributed by atoms with Crippen molar-refractivity contribution in [3.63, 3.8) is 0 Å². The molecule has 2 aromatic heterocycles. The van der Waals surface area contributed by atoms with E-state index in [-0.39, 0.29) is 16.9 Å². The molecule has 0 unspecified atom stereocenters. The molecule has 4 N–H and O–H groups in total. The lowest BCUT2D eigenvalue weighted by molar-refractivity contribution is 0.587. The maximum atomic E-state index is 11.1. The smallest absolute Gasteiger partial charge is 0.327 e. The molecule has 0 aliphatic carbocycles. The number of hydrogen-bond acceptors (Lipinski definition) is 5. The van der Waals surface area contributed by atoms with E-state index in [0.29, 0.717) is 0 Å². The molecule has 23 heavy (non-hydrogen) atoms. The molecule has 0 spiro atoms. The molecule has 10 heteroatoms. The van der Waals surface area contributed by atoms with Gasteiger partial charge in [0.15, 0.2) is 5.65 Å². The van der Waals surface area contributed by atoms with Crippen LogP contribution in [0.5, 0.6) is 0 Å². The number of H-pyrrole nitrogens is 3. The Morgan fingerprint density at radius 1 is 1.13 bits per heavy atom. The number of rotatable bonds is 3. The van der Waals surface area contributed by atoms with E-state index < -0.39 is 21.3 Å². The maximum absolute atomic E-state index is 11.1. The fourth-order valence-corrected chi connectivity index (χ4v) is 2.51. The van der Waals surface area contributed by atoms with E-state index in [4.69, 9.17) is 0 Å². The quantitative estimate of drug-likeness (QED) is 0.518. The van der Waals surface area contributed by atoms with Gasteiger partial charge in [0.1, 0.15) is 5.52 Å². The number of hydrogen-bond donors (Lipinski definition) is 4. The second-order valence-corrected chi connectivity index (χ2v) is 6.41. The summed E-state index contributed by atoms with van der Waals surface area (Å²) in [6.45, 7) is 0. The van der Waals surface area contributed by atoms with Gasteiger partial charge in [0.25, 0.3) is 5.56 Å². The summed E-state index contributed by atoms with van der Waals surface area (Å²) in [4.78, 5) is 32.3. The van der Waals surface area contributed by atoms with Gasteiger partial charge in [-0.05, 0) is 12.6 Å². The highest BCUT2D eigenvalue weighted by atomic mass is 32.2. The molecule has 0 fully saturated rings. The van der Waals surface area contributed by atoms with Gasteiger partial charge >= 0.3 is 5.69 Å². The molecule has 0 aliphatic rings. The topological polar surface area (TPSA) is 141 Å². The third kappa shape index (κ3) is 4.63. The zero-order valence-electron chi connectivity index (χ0n) is 12.2. The number of nitrogens with zero attached hydrogens (tertiary/aromatic N) is 1. The third-order valence-corrected chi connectivity index (χ3v) is 4.17. The molecule has 1 aromatic carbocycles. The standard InChI is InChI=1S/C8H11NO2S.C5H4N4O2/c1-9-12(10,11)7-8-5-3-2-4-6-8;10-4-2-3(7-1-6-2)8-5(11)9-4/h2-6,9H,7H2,1H3;1H,(H3,6,7,8,9,10,11). The zero-order valence-corrected chi connectivity index (χ0v) is 13.0. The normalized spacial score (nSPS) is 11.0. The molecule has 3 aromatic rings. The summed E-state index contributed by atoms with van der Waals surface area (Å²) in [5.41, 5.74) is 0.353. The summed E-state index contributed by atoms with van der Waals surface area (Å²) >= 11 is 0. The molecule has 0 radical (unpaired) electrons. The van der Waals surface area contributed by atoms with E-state index in [1.54, 1.807) is 12.1 Å². The Morgan fingerprint density at radius 3 is 2.48 bits per heavy atom. The van der Waals surface area contributed by atoms with Crippen LogP contribution in [0.3, 0.4) is 0 Å². The van der Waals surface area contributed by atoms with Gasteiger partial charge in [-0.3, -0.25) is 14.8 Å². The highest BCUT2D eigenvalue weighted by Gasteiger charge is 2.06. The van der Waals surface area contributed by atoms with Gasteiger partial charge in [-0.15, -0.1) is 0 Å². The second-order valence-electron chi connectivity index (χ2n) is 4.48. The van der Waals surface area contributed by atoms with Crippen molar-refractivity contribution in [3.05, 3.63) is 63.1 Å². The number of benzene rings is 1. The lowest BCUT2D eigenvalue weighted by atomic mass is 10.2. The third-order valence-electron chi connectivity index (χ3n) is 2.84. The molecule has 0 bridgehead atoms. The largest absolute Gasteiger partial charge is 0.339 e. The van der Waals surface area contributed by atoms with Crippen molar-refractivity contribution in [2.75, 3.05) is 7.05 Å². The van der Waals surface area contributed by atoms with Gasteiger partial charge in [-0.1, -0.05) is 30.3 Å². The Hall–Kier alpha value is -2.72. The van der Waals surface area contributed by atoms with E-state index in [9.17, 15) is 18.0 Å². The fourth-order valence-electron chi connectivity index (χ4n) is 1.73. The first-order valence-corrected chi connectivity index (χ1v) is 8.17. The van der Waals surface area contributed by atoms with Crippen molar-refractivity contribution in [3.8, 4) is 0 Å². The molecule has 9 nitrogen and oxygen atoms in total. The molecule has 2 heterocycles. The van der Waals surface area contributed by atoms with Gasteiger partial charge < -0.3 is 4.98 Å². The Kier molecular flexibility index (Phi) is 5.09. The highest BCUT2D eigenvalue weighted by molar-refractivity contribution is 7.88. The molecular weight excluding hydrogens is 322 g/mol. The number of aromatic nitrogens is 4. The predicted molar refractivity (Wildman–Crippen MR) is 85.5 cm³/mol. The van der Waals surface area contributed by atoms with Crippen molar-refractivity contribution < 1.29 is 8.42 Å². The van der Waals surface area contributed by atoms with Crippen LogP contribution in [-0.4, -0.2) is 35.4 Å². The van der Waals surface area contributed by atoms with Crippen LogP contribution in [0.4, 0.5) is 0 Å². The van der Waals surface area contributed by atoms with E-state index in [2.05, 4.69) is 24.7 Å². The number of sulfonamides is 1. The average Bonchev–Trinajstić information content (AvgIpc) is 2.97. The minimum atomic E-state index is -3.12. The van der Waals surface area contributed by atoms with E-state index in [1.807, 2.05) is 18.2 Å². The summed E-state index contributed by atoms with van der Waals surface area (Å²) in [5.74, 6) is 0.0460. The first-order chi connectivity index (χ1) is 10.9. The van der Waals surface area contributed by atoms with Gasteiger partial charge in [-0.2, -0.15) is 0 Å². The Morgan fingerprint density at radius 2 is 1.83 bits per heavy atom. The molecule has 0 atom stereocenters. The van der Waals surface area contributed by atoms with Crippen LogP contribution in [0.15, 0.2) is 46.2 Å². The Labute approximate surface area is 130 Å². The SMILES string of the molecule is CNS(=O)(=O)Cc1ccccc1.O=c1[nH]c(=O)c2[nH]cnc2[nH]1. The summed E-state index contributed by atoms with van der Waals surface area (Å²) in [6, 6.07) is 9.07. The van der Waals surface area contributed by atoms with E-state index >= 15 is 0 Å². The monoisotopic (exact) mass is 337 g/mol. The number of aromatic amines is 3. The first-order valence-electron chi connectivity index (χ1n) is 6.52. The van der Waals surface area contributed by atoms with Crippen molar-refractivity contribution in [1.82, 2.24) is 24.7 Å². The summed E-state index contributed by atoms with van der Waals surface area (Å²) in [5, 5.41) is 0. The molecule has 3 rings (SSSR count). The number of nitrogens with one attached hydrogen (secondary N) is 4. The first kappa shape index (κ1) is 16.6. The lowest BCUT2D eigenvalue weighted by Gasteiger charge is -2.00. The molecule has 0 amide bonds. The lowest BCUT2D eigenvalue weighted by Crippen LogP contribution is -2.21. The molecule has 0 aliphatic heterocycles. The average molecular weight is 337 g/mol. The zero-order chi connectivity index (χ0) is 16.9.